The predicted molar refractivity (Wildman–Crippen MR) is 307 cm³/mol. The lowest BCUT2D eigenvalue weighted by Crippen LogP contribution is -2.59. The summed E-state index contributed by atoms with van der Waals surface area (Å²) in [6.45, 7) is 15.6. The maximum absolute atomic E-state index is 14.8. The van der Waals surface area contributed by atoms with Crippen molar-refractivity contribution < 1.29 is 33.6 Å². The van der Waals surface area contributed by atoms with Gasteiger partial charge in [0.2, 0.25) is 35.4 Å². The van der Waals surface area contributed by atoms with Gasteiger partial charge in [0.05, 0.1) is 26.2 Å². The molecular formula is C62H82N8O7Si. The molecule has 2 heterocycles. The lowest BCUT2D eigenvalue weighted by Gasteiger charge is -2.36. The molecule has 2 saturated heterocycles. The number of likely N-dealkylation sites (tertiary alicyclic amines) is 1. The third kappa shape index (κ3) is 13.4. The first-order chi connectivity index (χ1) is 37.1. The van der Waals surface area contributed by atoms with E-state index >= 15 is 0 Å². The van der Waals surface area contributed by atoms with Crippen molar-refractivity contribution in [3.63, 3.8) is 0 Å². The number of carbonyl (C=O) groups excluding carboxylic acids is 7. The van der Waals surface area contributed by atoms with Crippen LogP contribution in [0.4, 0.5) is 0 Å². The molecule has 416 valence electrons. The average molecular weight is 1080 g/mol. The number of hydrogen-bond acceptors (Lipinski definition) is 8. The molecule has 6 N–H and O–H groups in total. The fourth-order valence-electron chi connectivity index (χ4n) is 11.8. The van der Waals surface area contributed by atoms with Crippen LogP contribution in [0.15, 0.2) is 97.1 Å². The predicted octanol–water partition coefficient (Wildman–Crippen LogP) is 7.11. The van der Waals surface area contributed by atoms with Crippen LogP contribution in [-0.2, 0) is 48.0 Å². The van der Waals surface area contributed by atoms with E-state index in [0.29, 0.717) is 24.2 Å². The Bertz CT molecular complexity index is 2850. The van der Waals surface area contributed by atoms with E-state index in [-0.39, 0.29) is 78.7 Å². The molecule has 4 aromatic carbocycles. The van der Waals surface area contributed by atoms with Gasteiger partial charge < -0.3 is 41.7 Å². The Morgan fingerprint density at radius 1 is 0.667 bits per heavy atom. The zero-order valence-electron chi connectivity index (χ0n) is 47.2. The second-order valence-electron chi connectivity index (χ2n) is 24.2. The smallest absolute Gasteiger partial charge is 0.251 e. The summed E-state index contributed by atoms with van der Waals surface area (Å²) in [6.07, 6.45) is 7.00. The molecule has 8 rings (SSSR count). The van der Waals surface area contributed by atoms with Gasteiger partial charge in [-0.05, 0) is 128 Å². The van der Waals surface area contributed by atoms with E-state index in [9.17, 15) is 33.6 Å². The summed E-state index contributed by atoms with van der Waals surface area (Å²) in [5, 5.41) is 18.6. The van der Waals surface area contributed by atoms with Crippen LogP contribution in [0.3, 0.4) is 0 Å². The highest BCUT2D eigenvalue weighted by atomic mass is 28.3. The van der Waals surface area contributed by atoms with Gasteiger partial charge in [0.1, 0.15) is 24.2 Å². The Hall–Kier alpha value is -6.65. The molecule has 78 heavy (non-hydrogen) atoms. The summed E-state index contributed by atoms with van der Waals surface area (Å²) in [5.74, 6) is -2.26. The molecule has 2 aliphatic heterocycles. The maximum Gasteiger partial charge on any atom is 0.251 e. The fraction of sp³-hybridized carbons (Fsp3) is 0.500. The van der Waals surface area contributed by atoms with Gasteiger partial charge in [-0.2, -0.15) is 0 Å². The van der Waals surface area contributed by atoms with Crippen molar-refractivity contribution in [2.45, 2.75) is 167 Å². The van der Waals surface area contributed by atoms with Crippen molar-refractivity contribution in [1.82, 2.24) is 41.7 Å². The summed E-state index contributed by atoms with van der Waals surface area (Å²) in [5.41, 5.74) is 6.95. The lowest BCUT2D eigenvalue weighted by atomic mass is 9.85. The largest absolute Gasteiger partial charge is 0.348 e. The Labute approximate surface area is 462 Å². The van der Waals surface area contributed by atoms with E-state index in [0.717, 1.165) is 66.3 Å². The van der Waals surface area contributed by atoms with Crippen LogP contribution < -0.4 is 31.9 Å². The van der Waals surface area contributed by atoms with Gasteiger partial charge in [0.15, 0.2) is 0 Å². The summed E-state index contributed by atoms with van der Waals surface area (Å²) < 4.78 is 0. The number of benzene rings is 4. The zero-order valence-corrected chi connectivity index (χ0v) is 48.2. The fourth-order valence-corrected chi connectivity index (χ4v) is 14.7. The van der Waals surface area contributed by atoms with Crippen molar-refractivity contribution in [3.8, 4) is 11.1 Å². The van der Waals surface area contributed by atoms with Gasteiger partial charge in [-0.3, -0.25) is 33.6 Å². The molecule has 0 spiro atoms. The van der Waals surface area contributed by atoms with Gasteiger partial charge in [0.25, 0.3) is 5.91 Å². The van der Waals surface area contributed by atoms with Crippen molar-refractivity contribution in [3.05, 3.63) is 130 Å². The van der Waals surface area contributed by atoms with Gasteiger partial charge >= 0.3 is 0 Å². The molecule has 9 atom stereocenters. The Morgan fingerprint density at radius 2 is 1.22 bits per heavy atom. The molecule has 0 aromatic heterocycles. The second-order valence-corrected chi connectivity index (χ2v) is 29.3. The van der Waals surface area contributed by atoms with Crippen molar-refractivity contribution in [1.29, 1.82) is 0 Å². The minimum Gasteiger partial charge on any atom is -0.348 e. The molecule has 2 aliphatic carbocycles. The van der Waals surface area contributed by atoms with Gasteiger partial charge in [0, 0.05) is 36.7 Å². The van der Waals surface area contributed by atoms with E-state index in [1.54, 1.807) is 31.0 Å². The topological polar surface area (TPSA) is 198 Å². The van der Waals surface area contributed by atoms with Gasteiger partial charge in [-0.15, -0.1) is 0 Å². The Kier molecular flexibility index (Phi) is 18.1. The number of hydrogen-bond donors (Lipinski definition) is 6. The van der Waals surface area contributed by atoms with E-state index in [2.05, 4.69) is 63.2 Å². The van der Waals surface area contributed by atoms with Crippen LogP contribution in [-0.4, -0.2) is 115 Å². The molecule has 0 saturated carbocycles. The summed E-state index contributed by atoms with van der Waals surface area (Å²) >= 11 is 0. The molecular weight excluding hydrogens is 997 g/mol. The summed E-state index contributed by atoms with van der Waals surface area (Å²) in [7, 11) is -0.311. The molecule has 16 heteroatoms. The van der Waals surface area contributed by atoms with Crippen LogP contribution in [0, 0.1) is 11.3 Å². The van der Waals surface area contributed by atoms with Crippen molar-refractivity contribution >= 4 is 49.4 Å². The van der Waals surface area contributed by atoms with E-state index in [1.807, 2.05) is 101 Å². The standard InChI is InChI=1S/C62H82N8O7Si/c1-10-38(2)55(71)67-51(60(76)70-37-78(8,9)36-53(70)59(75)66-50-24-16-20-44-18-12-14-22-48(44)50)33-40-25-27-41(28-26-40)42-29-31-45(32-30-42)57(73)64-46-34-52(58(74)65-49-23-15-19-43-17-11-13-21-47(43)49)69(35-46)61(77)54(62(4,5)6)68-56(72)39(3)63-7/h11-14,17-18,21-22,25-32,38-39,46,49-54,63H,10,15-16,19-20,23-24,33-37H2,1-9H3,(H,64,73)(H,65,74)(H,66,75)(H,67,71)(H,68,72)/t38-,39+,46?,49?,50?,51?,52+,53+,54-/m1/s1. The minimum atomic E-state index is -1.99. The normalized spacial score (nSPS) is 22.1. The molecule has 4 unspecified atom stereocenters. The number of nitrogens with zero attached hydrogens (tertiary/aromatic N) is 2. The Balaban J connectivity index is 0.950. The third-order valence-electron chi connectivity index (χ3n) is 16.7. The van der Waals surface area contributed by atoms with Gasteiger partial charge in [-0.25, -0.2) is 0 Å². The number of aryl methyl sites for hydroxylation is 2. The highest BCUT2D eigenvalue weighted by Gasteiger charge is 2.48. The first-order valence-electron chi connectivity index (χ1n) is 28.3. The van der Waals surface area contributed by atoms with Gasteiger partial charge in [-0.1, -0.05) is 133 Å². The molecule has 2 fully saturated rings. The lowest BCUT2D eigenvalue weighted by molar-refractivity contribution is -0.144. The molecule has 4 aliphatic rings. The second kappa shape index (κ2) is 24.6. The molecule has 4 aromatic rings. The zero-order chi connectivity index (χ0) is 56.1. The number of fused-ring (bicyclic) bond motifs is 2. The molecule has 0 radical (unpaired) electrons. The first-order valence-corrected chi connectivity index (χ1v) is 31.7. The quantitative estimate of drug-likeness (QED) is 0.0602. The van der Waals surface area contributed by atoms with Crippen LogP contribution in [0.1, 0.15) is 130 Å². The molecule has 7 amide bonds. The van der Waals surface area contributed by atoms with Crippen molar-refractivity contribution in [2.75, 3.05) is 19.8 Å². The average Bonchev–Trinajstić information content (AvgIpc) is 4.05. The summed E-state index contributed by atoms with van der Waals surface area (Å²) in [6, 6.07) is 27.3. The number of likely N-dealkylation sites (N-methyl/N-ethyl adjacent to an activating group) is 1. The van der Waals surface area contributed by atoms with E-state index < -0.39 is 49.7 Å². The van der Waals surface area contributed by atoms with Crippen LogP contribution in [0.5, 0.6) is 0 Å². The number of carbonyl (C=O) groups is 7. The monoisotopic (exact) mass is 1080 g/mol. The van der Waals surface area contributed by atoms with Crippen LogP contribution >= 0.6 is 0 Å². The number of rotatable bonds is 17. The van der Waals surface area contributed by atoms with E-state index in [1.165, 1.54) is 16.0 Å². The first kappa shape index (κ1) is 57.5. The molecule has 15 nitrogen and oxygen atoms in total. The van der Waals surface area contributed by atoms with Crippen LogP contribution in [0.25, 0.3) is 11.1 Å². The SMILES string of the molecule is CC[C@@H](C)C(=O)NC(Cc1ccc(-c2ccc(C(=O)NC3C[C@@H](C(=O)NC4CCCc5ccccc54)N(C(=O)[C@@H](NC(=O)[C@H](C)NC)C(C)(C)C)C3)cc2)cc1)C(=O)N1C[Si](C)(C)C[C@H]1C(=O)NC1CCCc2ccccc21. The highest BCUT2D eigenvalue weighted by Crippen LogP contribution is 2.35. The minimum absolute atomic E-state index is 0.0790. The molecule has 0 bridgehead atoms. The number of nitrogens with one attached hydrogen (secondary N) is 6. The maximum atomic E-state index is 14.8. The number of amides is 7. The highest BCUT2D eigenvalue weighted by molar-refractivity contribution is 6.79. The van der Waals surface area contributed by atoms with Crippen molar-refractivity contribution in [2.24, 2.45) is 11.3 Å². The van der Waals surface area contributed by atoms with E-state index in [4.69, 9.17) is 0 Å². The Morgan fingerprint density at radius 3 is 1.77 bits per heavy atom. The van der Waals surface area contributed by atoms with Crippen LogP contribution in [0.2, 0.25) is 19.1 Å². The summed E-state index contributed by atoms with van der Waals surface area (Å²) in [4.78, 5) is 102. The third-order valence-corrected chi connectivity index (χ3v) is 19.4.